The van der Waals surface area contributed by atoms with Gasteiger partial charge < -0.3 is 27.8 Å². The molecule has 0 unspecified atom stereocenters. The molecule has 1 aromatic carbocycles. The van der Waals surface area contributed by atoms with E-state index in [1.165, 1.54) is 4.57 Å². The third-order valence-electron chi connectivity index (χ3n) is 4.57. The standard InChI is InChI=1S/C17H20N4O6.Ca.2H/c1-7-3-9-10(4-8(7)2)21(5-11(23)14(25)12(24)6-22)15-13(18-9)16(26)20-17(27)19-15;;;/h3-4,11-12,14,22-25H,5-6H2,1-2H3,(H,20,26,27);;;/q;+2;2*-1/t11-,12+,14-;;;/m1.../s1. The van der Waals surface area contributed by atoms with Crippen molar-refractivity contribution in [3.63, 3.8) is 0 Å². The molecule has 5 N–H and O–H groups in total. The molecule has 3 rings (SSSR count). The third-order valence-corrected chi connectivity index (χ3v) is 4.57. The first-order valence-corrected chi connectivity index (χ1v) is 8.29. The van der Waals surface area contributed by atoms with Gasteiger partial charge in [0.2, 0.25) is 0 Å². The Morgan fingerprint density at radius 1 is 1.11 bits per heavy atom. The molecule has 3 atom stereocenters. The fraction of sp³-hybridized carbons (Fsp3) is 0.412. The number of hydrogen-bond donors (Lipinski definition) is 5. The van der Waals surface area contributed by atoms with Crippen molar-refractivity contribution in [3.8, 4) is 11.5 Å². The molecule has 0 spiro atoms. The van der Waals surface area contributed by atoms with Crippen molar-refractivity contribution in [2.24, 2.45) is 0 Å². The van der Waals surface area contributed by atoms with Gasteiger partial charge in [-0.3, -0.25) is 9.78 Å². The van der Waals surface area contributed by atoms with E-state index in [0.717, 1.165) is 11.1 Å². The molecular formula is C17H22CaN4O6. The zero-order valence-electron chi connectivity index (χ0n) is 17.5. The van der Waals surface area contributed by atoms with Crippen LogP contribution in [0.4, 0.5) is 0 Å². The van der Waals surface area contributed by atoms with Crippen molar-refractivity contribution < 1.29 is 23.3 Å². The summed E-state index contributed by atoms with van der Waals surface area (Å²) in [7, 11) is 0. The zero-order valence-corrected chi connectivity index (χ0v) is 17.7. The summed E-state index contributed by atoms with van der Waals surface area (Å²) in [6, 6.07) is 3.53. The van der Waals surface area contributed by atoms with Gasteiger partial charge in [-0.1, -0.05) is 0 Å². The minimum absolute atomic E-state index is 0. The van der Waals surface area contributed by atoms with E-state index >= 15 is 0 Å². The molecule has 0 aromatic heterocycles. The SMILES string of the molecule is Cc1cc2nc3c(=O)[nH]c(=O)nc-3n(C[C@@H](O)[C@@H](O)[C@@H](O)CO)c2cc1C.[Ca+2].[H-].[H-]. The minimum atomic E-state index is -1.64. The molecule has 10 nitrogen and oxygen atoms in total. The van der Waals surface area contributed by atoms with Crippen molar-refractivity contribution in [2.45, 2.75) is 38.7 Å². The van der Waals surface area contributed by atoms with E-state index in [1.54, 1.807) is 12.1 Å². The van der Waals surface area contributed by atoms with Gasteiger partial charge in [-0.2, -0.15) is 4.98 Å². The maximum Gasteiger partial charge on any atom is 2.00 e. The second-order valence-electron chi connectivity index (χ2n) is 6.50. The minimum Gasteiger partial charge on any atom is -1.00 e. The Labute approximate surface area is 191 Å². The first kappa shape index (κ1) is 22.9. The van der Waals surface area contributed by atoms with Crippen molar-refractivity contribution >= 4 is 48.8 Å². The molecular weight excluding hydrogens is 396 g/mol. The number of nitrogens with one attached hydrogen (secondary N) is 1. The molecule has 0 fully saturated rings. The van der Waals surface area contributed by atoms with Crippen LogP contribution in [0.2, 0.25) is 0 Å². The van der Waals surface area contributed by atoms with Gasteiger partial charge in [0, 0.05) is 0 Å². The number of aryl methyl sites for hydroxylation is 2. The molecule has 2 heterocycles. The molecule has 2 aliphatic heterocycles. The number of nitrogens with zero attached hydrogens (tertiary/aromatic N) is 3. The van der Waals surface area contributed by atoms with E-state index < -0.39 is 36.2 Å². The van der Waals surface area contributed by atoms with Gasteiger partial charge >= 0.3 is 43.4 Å². The average molecular weight is 418 g/mol. The van der Waals surface area contributed by atoms with Crippen molar-refractivity contribution in [2.75, 3.05) is 6.61 Å². The van der Waals surface area contributed by atoms with Crippen LogP contribution in [-0.2, 0) is 6.54 Å². The molecule has 1 aromatic rings. The monoisotopic (exact) mass is 418 g/mol. The van der Waals surface area contributed by atoms with Crippen LogP contribution in [-0.4, -0.2) is 103 Å². The molecule has 2 aliphatic rings. The summed E-state index contributed by atoms with van der Waals surface area (Å²) >= 11 is 0. The maximum absolute atomic E-state index is 12.2. The van der Waals surface area contributed by atoms with Gasteiger partial charge in [-0.25, -0.2) is 9.78 Å². The first-order chi connectivity index (χ1) is 12.7. The number of hydrogen-bond acceptors (Lipinski definition) is 8. The van der Waals surface area contributed by atoms with Crippen LogP contribution in [0.25, 0.3) is 22.6 Å². The molecule has 0 amide bonds. The van der Waals surface area contributed by atoms with E-state index in [9.17, 15) is 24.9 Å². The fourth-order valence-electron chi connectivity index (χ4n) is 2.89. The first-order valence-electron chi connectivity index (χ1n) is 8.29. The van der Waals surface area contributed by atoms with Gasteiger partial charge in [0.05, 0.1) is 24.2 Å². The molecule has 148 valence electrons. The maximum atomic E-state index is 12.2. The predicted octanol–water partition coefficient (Wildman–Crippen LogP) is -1.88. The molecule has 0 radical (unpaired) electrons. The number of fused-ring (bicyclic) bond motifs is 2. The van der Waals surface area contributed by atoms with Gasteiger partial charge in [-0.15, -0.1) is 0 Å². The molecule has 0 saturated carbocycles. The Kier molecular flexibility index (Phi) is 7.32. The van der Waals surface area contributed by atoms with Crippen LogP contribution < -0.4 is 11.2 Å². The Morgan fingerprint density at radius 2 is 1.75 bits per heavy atom. The summed E-state index contributed by atoms with van der Waals surface area (Å²) < 4.78 is 1.40. The van der Waals surface area contributed by atoms with Crippen LogP contribution in [0.1, 0.15) is 14.0 Å². The smallest absolute Gasteiger partial charge is 1.00 e. The number of H-pyrrole nitrogens is 1. The number of aromatic nitrogens is 4. The van der Waals surface area contributed by atoms with E-state index in [2.05, 4.69) is 15.0 Å². The Balaban J connectivity index is 0.00000280. The Morgan fingerprint density at radius 3 is 2.39 bits per heavy atom. The van der Waals surface area contributed by atoms with E-state index in [4.69, 9.17) is 5.11 Å². The number of aliphatic hydroxyl groups excluding tert-OH is 4. The van der Waals surface area contributed by atoms with Crippen LogP contribution in [0.5, 0.6) is 0 Å². The molecule has 11 heteroatoms. The fourth-order valence-corrected chi connectivity index (χ4v) is 2.89. The number of rotatable bonds is 5. The summed E-state index contributed by atoms with van der Waals surface area (Å²) in [5.41, 5.74) is 1.11. The molecule has 0 saturated heterocycles. The van der Waals surface area contributed by atoms with Gasteiger partial charge in [0.1, 0.15) is 18.3 Å². The number of benzene rings is 1. The Hall–Kier alpha value is -1.40. The molecule has 0 aliphatic carbocycles. The summed E-state index contributed by atoms with van der Waals surface area (Å²) in [5, 5.41) is 38.8. The van der Waals surface area contributed by atoms with Gasteiger partial charge in [-0.05, 0) is 37.1 Å². The van der Waals surface area contributed by atoms with Crippen molar-refractivity contribution in [3.05, 3.63) is 44.1 Å². The van der Waals surface area contributed by atoms with Crippen molar-refractivity contribution in [1.82, 2.24) is 19.5 Å². The van der Waals surface area contributed by atoms with Crippen LogP contribution >= 0.6 is 0 Å². The number of aromatic amines is 1. The quantitative estimate of drug-likeness (QED) is 0.238. The van der Waals surface area contributed by atoms with Crippen LogP contribution in [0.3, 0.4) is 0 Å². The van der Waals surface area contributed by atoms with Crippen molar-refractivity contribution in [1.29, 1.82) is 0 Å². The summed E-state index contributed by atoms with van der Waals surface area (Å²) in [6.07, 6.45) is -4.68. The summed E-state index contributed by atoms with van der Waals surface area (Å²) in [6.45, 7) is 2.73. The zero-order chi connectivity index (χ0) is 19.9. The largest absolute Gasteiger partial charge is 2.00 e. The van der Waals surface area contributed by atoms with Crippen LogP contribution in [0.15, 0.2) is 21.7 Å². The van der Waals surface area contributed by atoms with E-state index in [1.807, 2.05) is 13.8 Å². The van der Waals surface area contributed by atoms with E-state index in [-0.39, 0.29) is 58.7 Å². The molecule has 28 heavy (non-hydrogen) atoms. The average Bonchev–Trinajstić information content (AvgIpc) is 2.62. The molecule has 0 bridgehead atoms. The van der Waals surface area contributed by atoms with E-state index in [0.29, 0.717) is 11.0 Å². The second kappa shape index (κ2) is 8.95. The van der Waals surface area contributed by atoms with Gasteiger partial charge in [0.25, 0.3) is 5.56 Å². The second-order valence-corrected chi connectivity index (χ2v) is 6.50. The topological polar surface area (TPSA) is 162 Å². The summed E-state index contributed by atoms with van der Waals surface area (Å²) in [5.74, 6) is -0.0516. The summed E-state index contributed by atoms with van der Waals surface area (Å²) in [4.78, 5) is 34.0. The van der Waals surface area contributed by atoms with Crippen LogP contribution in [0, 0.1) is 13.8 Å². The predicted molar refractivity (Wildman–Crippen MR) is 104 cm³/mol. The third kappa shape index (κ3) is 4.28. The number of aliphatic hydroxyl groups is 4. The van der Waals surface area contributed by atoms with Gasteiger partial charge in [0.15, 0.2) is 11.5 Å². The Bertz CT molecular complexity index is 1090. The normalized spacial score (nSPS) is 14.6.